The summed E-state index contributed by atoms with van der Waals surface area (Å²) in [5.74, 6) is -0.255. The van der Waals surface area contributed by atoms with Crippen molar-refractivity contribution in [3.05, 3.63) is 77.4 Å². The van der Waals surface area contributed by atoms with E-state index in [-0.39, 0.29) is 24.0 Å². The molecule has 1 amide bonds. The summed E-state index contributed by atoms with van der Waals surface area (Å²) in [6.07, 6.45) is 3.60. The van der Waals surface area contributed by atoms with E-state index in [0.717, 1.165) is 10.8 Å². The Morgan fingerprint density at radius 2 is 1.92 bits per heavy atom. The minimum atomic E-state index is -0.314. The molecule has 0 aliphatic heterocycles. The Kier molecular flexibility index (Phi) is 5.73. The SMILES string of the molecule is Cc1cc(C)cc(-n2ccnc2SCC(=O)NCc2ccccc2F)c1. The molecule has 3 aromatic rings. The van der Waals surface area contributed by atoms with Gasteiger partial charge in [0.25, 0.3) is 0 Å². The van der Waals surface area contributed by atoms with Gasteiger partial charge in [-0.25, -0.2) is 9.37 Å². The maximum absolute atomic E-state index is 13.6. The lowest BCUT2D eigenvalue weighted by atomic mass is 10.1. The van der Waals surface area contributed by atoms with Gasteiger partial charge in [0.05, 0.1) is 5.75 Å². The first-order chi connectivity index (χ1) is 12.5. The first-order valence-electron chi connectivity index (χ1n) is 8.28. The number of rotatable bonds is 6. The van der Waals surface area contributed by atoms with Crippen LogP contribution in [0.25, 0.3) is 5.69 Å². The summed E-state index contributed by atoms with van der Waals surface area (Å²) in [6.45, 7) is 4.28. The summed E-state index contributed by atoms with van der Waals surface area (Å²) >= 11 is 1.35. The number of aryl methyl sites for hydroxylation is 2. The van der Waals surface area contributed by atoms with Gasteiger partial charge in [-0.1, -0.05) is 36.0 Å². The van der Waals surface area contributed by atoms with Gasteiger partial charge in [-0.3, -0.25) is 9.36 Å². The molecule has 1 heterocycles. The van der Waals surface area contributed by atoms with Gasteiger partial charge in [-0.05, 0) is 43.2 Å². The number of halogens is 1. The summed E-state index contributed by atoms with van der Waals surface area (Å²) < 4.78 is 15.6. The molecule has 26 heavy (non-hydrogen) atoms. The summed E-state index contributed by atoms with van der Waals surface area (Å²) in [6, 6.07) is 12.7. The molecule has 4 nitrogen and oxygen atoms in total. The molecule has 0 saturated carbocycles. The third-order valence-corrected chi connectivity index (χ3v) is 4.82. The number of nitrogens with zero attached hydrogens (tertiary/aromatic N) is 2. The van der Waals surface area contributed by atoms with Crippen LogP contribution in [0.4, 0.5) is 4.39 Å². The third-order valence-electron chi connectivity index (χ3n) is 3.86. The van der Waals surface area contributed by atoms with Crippen molar-refractivity contribution < 1.29 is 9.18 Å². The number of hydrogen-bond donors (Lipinski definition) is 1. The molecule has 134 valence electrons. The summed E-state index contributed by atoms with van der Waals surface area (Å²) in [5.41, 5.74) is 3.84. The average Bonchev–Trinajstić information content (AvgIpc) is 3.07. The number of nitrogens with one attached hydrogen (secondary N) is 1. The number of amides is 1. The molecule has 2 aromatic carbocycles. The van der Waals surface area contributed by atoms with Crippen molar-refractivity contribution in [1.82, 2.24) is 14.9 Å². The standard InChI is InChI=1S/C20H20FN3OS/c1-14-9-15(2)11-17(10-14)24-8-7-22-20(24)26-13-19(25)23-12-16-5-3-4-6-18(16)21/h3-11H,12-13H2,1-2H3,(H,23,25). The molecule has 0 atom stereocenters. The second-order valence-corrected chi connectivity index (χ2v) is 7.03. The predicted molar refractivity (Wildman–Crippen MR) is 102 cm³/mol. The topological polar surface area (TPSA) is 46.9 Å². The second-order valence-electron chi connectivity index (χ2n) is 6.08. The van der Waals surface area contributed by atoms with Crippen LogP contribution in [0.5, 0.6) is 0 Å². The summed E-state index contributed by atoms with van der Waals surface area (Å²) in [4.78, 5) is 16.4. The highest BCUT2D eigenvalue weighted by molar-refractivity contribution is 7.99. The molecular weight excluding hydrogens is 349 g/mol. The number of carbonyl (C=O) groups excluding carboxylic acids is 1. The highest BCUT2D eigenvalue weighted by Gasteiger charge is 2.10. The normalized spacial score (nSPS) is 10.7. The molecule has 0 bridgehead atoms. The first-order valence-corrected chi connectivity index (χ1v) is 9.26. The average molecular weight is 369 g/mol. The van der Waals surface area contributed by atoms with Crippen molar-refractivity contribution in [3.63, 3.8) is 0 Å². The lowest BCUT2D eigenvalue weighted by Gasteiger charge is -2.10. The van der Waals surface area contributed by atoms with Crippen molar-refractivity contribution >= 4 is 17.7 Å². The van der Waals surface area contributed by atoms with Crippen LogP contribution in [-0.2, 0) is 11.3 Å². The largest absolute Gasteiger partial charge is 0.351 e. The highest BCUT2D eigenvalue weighted by Crippen LogP contribution is 2.22. The third kappa shape index (κ3) is 4.52. The van der Waals surface area contributed by atoms with E-state index in [0.29, 0.717) is 5.56 Å². The number of carbonyl (C=O) groups is 1. The van der Waals surface area contributed by atoms with Crippen molar-refractivity contribution in [2.75, 3.05) is 5.75 Å². The zero-order valence-corrected chi connectivity index (χ0v) is 15.5. The fraction of sp³-hybridized carbons (Fsp3) is 0.200. The Hall–Kier alpha value is -2.60. The van der Waals surface area contributed by atoms with Crippen LogP contribution in [0.2, 0.25) is 0 Å². The van der Waals surface area contributed by atoms with E-state index in [1.165, 1.54) is 29.0 Å². The zero-order chi connectivity index (χ0) is 18.5. The Labute approximate surface area is 156 Å². The van der Waals surface area contributed by atoms with Crippen molar-refractivity contribution in [2.24, 2.45) is 0 Å². The molecule has 0 radical (unpaired) electrons. The minimum Gasteiger partial charge on any atom is -0.351 e. The van der Waals surface area contributed by atoms with Crippen LogP contribution in [0.3, 0.4) is 0 Å². The van der Waals surface area contributed by atoms with Gasteiger partial charge in [0.15, 0.2) is 5.16 Å². The minimum absolute atomic E-state index is 0.159. The van der Waals surface area contributed by atoms with Gasteiger partial charge in [-0.2, -0.15) is 0 Å². The lowest BCUT2D eigenvalue weighted by Crippen LogP contribution is -2.25. The van der Waals surface area contributed by atoms with Gasteiger partial charge in [0, 0.05) is 30.2 Å². The molecular formula is C20H20FN3OS. The lowest BCUT2D eigenvalue weighted by molar-refractivity contribution is -0.118. The van der Waals surface area contributed by atoms with Crippen LogP contribution in [0, 0.1) is 19.7 Å². The molecule has 1 aromatic heterocycles. The maximum atomic E-state index is 13.6. The number of aromatic nitrogens is 2. The van der Waals surface area contributed by atoms with Gasteiger partial charge in [0.1, 0.15) is 5.82 Å². The molecule has 0 unspecified atom stereocenters. The zero-order valence-electron chi connectivity index (χ0n) is 14.7. The number of benzene rings is 2. The molecule has 3 rings (SSSR count). The smallest absolute Gasteiger partial charge is 0.230 e. The Morgan fingerprint density at radius 3 is 2.65 bits per heavy atom. The number of hydrogen-bond acceptors (Lipinski definition) is 3. The number of imidazole rings is 1. The highest BCUT2D eigenvalue weighted by atomic mass is 32.2. The van der Waals surface area contributed by atoms with Crippen LogP contribution in [0.15, 0.2) is 60.0 Å². The van der Waals surface area contributed by atoms with E-state index in [2.05, 4.69) is 42.3 Å². The Morgan fingerprint density at radius 1 is 1.19 bits per heavy atom. The first kappa shape index (κ1) is 18.2. The van der Waals surface area contributed by atoms with E-state index in [4.69, 9.17) is 0 Å². The quantitative estimate of drug-likeness (QED) is 0.667. The predicted octanol–water partition coefficient (Wildman–Crippen LogP) is 4.04. The summed E-state index contributed by atoms with van der Waals surface area (Å²) in [5, 5.41) is 3.49. The van der Waals surface area contributed by atoms with Crippen LogP contribution in [0.1, 0.15) is 16.7 Å². The Balaban J connectivity index is 1.61. The van der Waals surface area contributed by atoms with Crippen LogP contribution in [-0.4, -0.2) is 21.2 Å². The van der Waals surface area contributed by atoms with Crippen LogP contribution >= 0.6 is 11.8 Å². The van der Waals surface area contributed by atoms with E-state index < -0.39 is 0 Å². The van der Waals surface area contributed by atoms with Crippen molar-refractivity contribution in [3.8, 4) is 5.69 Å². The molecule has 0 saturated heterocycles. The van der Waals surface area contributed by atoms with E-state index in [1.54, 1.807) is 24.4 Å². The molecule has 0 aliphatic carbocycles. The fourth-order valence-electron chi connectivity index (χ4n) is 2.70. The van der Waals surface area contributed by atoms with Gasteiger partial charge in [0.2, 0.25) is 5.91 Å². The van der Waals surface area contributed by atoms with E-state index >= 15 is 0 Å². The van der Waals surface area contributed by atoms with E-state index in [9.17, 15) is 9.18 Å². The van der Waals surface area contributed by atoms with Gasteiger partial charge >= 0.3 is 0 Å². The van der Waals surface area contributed by atoms with E-state index in [1.807, 2.05) is 10.8 Å². The molecule has 0 fully saturated rings. The monoisotopic (exact) mass is 369 g/mol. The van der Waals surface area contributed by atoms with Gasteiger partial charge in [-0.15, -0.1) is 0 Å². The fourth-order valence-corrected chi connectivity index (χ4v) is 3.50. The summed E-state index contributed by atoms with van der Waals surface area (Å²) in [7, 11) is 0. The van der Waals surface area contributed by atoms with Crippen LogP contribution < -0.4 is 5.32 Å². The molecule has 0 spiro atoms. The maximum Gasteiger partial charge on any atom is 0.230 e. The second kappa shape index (κ2) is 8.19. The van der Waals surface area contributed by atoms with Gasteiger partial charge < -0.3 is 5.32 Å². The van der Waals surface area contributed by atoms with Crippen molar-refractivity contribution in [1.29, 1.82) is 0 Å². The molecule has 0 aliphatic rings. The molecule has 6 heteroatoms. The number of thioether (sulfide) groups is 1. The molecule has 1 N–H and O–H groups in total. The Bertz CT molecular complexity index is 903. The van der Waals surface area contributed by atoms with Crippen molar-refractivity contribution in [2.45, 2.75) is 25.5 Å².